The molecule has 1 N–H and O–H groups in total. The number of rotatable bonds is 4. The molecule has 1 fully saturated rings. The third kappa shape index (κ3) is 5.66. The van der Waals surface area contributed by atoms with Gasteiger partial charge in [0.1, 0.15) is 11.3 Å². The predicted octanol–water partition coefficient (Wildman–Crippen LogP) is 6.14. The van der Waals surface area contributed by atoms with E-state index in [0.29, 0.717) is 28.2 Å². The van der Waals surface area contributed by atoms with E-state index in [1.807, 2.05) is 33.8 Å². The molecule has 1 aromatic heterocycles. The first-order valence-electron chi connectivity index (χ1n) is 13.7. The molecule has 9 nitrogen and oxygen atoms in total. The fraction of sp³-hybridized carbons (Fsp3) is 0.567. The first-order valence-corrected chi connectivity index (χ1v) is 14.1. The van der Waals surface area contributed by atoms with Gasteiger partial charge in [0.2, 0.25) is 0 Å². The van der Waals surface area contributed by atoms with Crippen LogP contribution in [0.3, 0.4) is 0 Å². The Hall–Kier alpha value is -3.20. The number of halogens is 1. The third-order valence-electron chi connectivity index (χ3n) is 7.92. The van der Waals surface area contributed by atoms with E-state index in [-0.39, 0.29) is 40.2 Å². The van der Waals surface area contributed by atoms with Crippen LogP contribution >= 0.6 is 11.6 Å². The average molecular weight is 574 g/mol. The van der Waals surface area contributed by atoms with E-state index in [2.05, 4.69) is 4.98 Å². The summed E-state index contributed by atoms with van der Waals surface area (Å²) in [4.78, 5) is 44.6. The Labute approximate surface area is 240 Å². The maximum absolute atomic E-state index is 13.6. The van der Waals surface area contributed by atoms with E-state index in [1.165, 1.54) is 4.90 Å². The summed E-state index contributed by atoms with van der Waals surface area (Å²) in [5.41, 5.74) is 1.75. The topological polar surface area (TPSA) is 101 Å². The molecule has 0 spiro atoms. The highest BCUT2D eigenvalue weighted by Gasteiger charge is 2.48. The first-order chi connectivity index (χ1) is 18.5. The number of aryl methyl sites for hydroxylation is 2. The zero-order chi connectivity index (χ0) is 29.7. The van der Waals surface area contributed by atoms with Crippen molar-refractivity contribution in [2.24, 2.45) is 5.92 Å². The lowest BCUT2D eigenvalue weighted by Crippen LogP contribution is -2.48. The SMILES string of the molecule is Cc1cc(C)c(N(C)C(=O)c2cc(Cl)c3c(c2C)OC(C)([C@H]2CC[C@H](N(C)C(=O)OC(C)(C)C)CC2)O3)c(=O)[nH]1. The molecule has 1 aliphatic carbocycles. The van der Waals surface area contributed by atoms with Gasteiger partial charge in [0, 0.05) is 49.8 Å². The maximum Gasteiger partial charge on any atom is 0.410 e. The largest absolute Gasteiger partial charge is 0.448 e. The molecule has 0 radical (unpaired) electrons. The van der Waals surface area contributed by atoms with E-state index in [4.69, 9.17) is 25.8 Å². The molecule has 1 saturated carbocycles. The van der Waals surface area contributed by atoms with Gasteiger partial charge in [-0.15, -0.1) is 0 Å². The molecule has 1 aliphatic heterocycles. The Bertz CT molecular complexity index is 1390. The van der Waals surface area contributed by atoms with E-state index in [9.17, 15) is 14.4 Å². The molecule has 2 aliphatic rings. The highest BCUT2D eigenvalue weighted by molar-refractivity contribution is 6.33. The van der Waals surface area contributed by atoms with Crippen LogP contribution < -0.4 is 19.9 Å². The molecular formula is C30H40ClN3O6. The van der Waals surface area contributed by atoms with Gasteiger partial charge in [-0.2, -0.15) is 0 Å². The second-order valence-corrected chi connectivity index (χ2v) is 12.6. The number of hydrogen-bond acceptors (Lipinski definition) is 6. The fourth-order valence-electron chi connectivity index (χ4n) is 5.75. The van der Waals surface area contributed by atoms with Crippen LogP contribution in [0.1, 0.15) is 80.6 Å². The average Bonchev–Trinajstić information content (AvgIpc) is 3.23. The Morgan fingerprint density at radius 3 is 2.23 bits per heavy atom. The summed E-state index contributed by atoms with van der Waals surface area (Å²) in [5.74, 6) is -0.436. The van der Waals surface area contributed by atoms with Crippen molar-refractivity contribution >= 4 is 29.3 Å². The van der Waals surface area contributed by atoms with Gasteiger partial charge in [0.05, 0.1) is 5.02 Å². The Morgan fingerprint density at radius 1 is 1.05 bits per heavy atom. The van der Waals surface area contributed by atoms with Gasteiger partial charge in [-0.1, -0.05) is 11.6 Å². The molecule has 10 heteroatoms. The van der Waals surface area contributed by atoms with Crippen molar-refractivity contribution < 1.29 is 23.8 Å². The number of carbonyl (C=O) groups excluding carboxylic acids is 2. The van der Waals surface area contributed by atoms with E-state index in [1.54, 1.807) is 45.8 Å². The Balaban J connectivity index is 1.51. The quantitative estimate of drug-likeness (QED) is 0.471. The van der Waals surface area contributed by atoms with Crippen LogP contribution in [0.15, 0.2) is 16.9 Å². The van der Waals surface area contributed by atoms with Crippen molar-refractivity contribution in [3.05, 3.63) is 49.9 Å². The van der Waals surface area contributed by atoms with Crippen molar-refractivity contribution in [1.29, 1.82) is 0 Å². The van der Waals surface area contributed by atoms with Crippen LogP contribution in [-0.4, -0.2) is 53.4 Å². The molecule has 4 rings (SSSR count). The van der Waals surface area contributed by atoms with Crippen LogP contribution in [0.5, 0.6) is 11.5 Å². The minimum atomic E-state index is -0.968. The van der Waals surface area contributed by atoms with Crippen molar-refractivity contribution in [3.8, 4) is 11.5 Å². The molecule has 1 atom stereocenters. The van der Waals surface area contributed by atoms with Gasteiger partial charge in [0.25, 0.3) is 17.3 Å². The molecule has 1 unspecified atom stereocenters. The van der Waals surface area contributed by atoms with E-state index < -0.39 is 11.4 Å². The number of H-pyrrole nitrogens is 1. The summed E-state index contributed by atoms with van der Waals surface area (Å²) in [5, 5.41) is 0.272. The Kier molecular flexibility index (Phi) is 7.93. The second-order valence-electron chi connectivity index (χ2n) is 12.2. The fourth-order valence-corrected chi connectivity index (χ4v) is 5.98. The van der Waals surface area contributed by atoms with Gasteiger partial charge in [-0.05, 0) is 84.9 Å². The van der Waals surface area contributed by atoms with Crippen LogP contribution in [0.4, 0.5) is 10.5 Å². The normalized spacial score (nSPS) is 22.1. The summed E-state index contributed by atoms with van der Waals surface area (Å²) < 4.78 is 18.3. The van der Waals surface area contributed by atoms with Gasteiger partial charge in [-0.3, -0.25) is 9.59 Å². The Morgan fingerprint density at radius 2 is 1.65 bits per heavy atom. The maximum atomic E-state index is 13.6. The summed E-state index contributed by atoms with van der Waals surface area (Å²) in [7, 11) is 3.36. The number of amides is 2. The number of aromatic nitrogens is 1. The first kappa shape index (κ1) is 29.8. The molecule has 40 heavy (non-hydrogen) atoms. The van der Waals surface area contributed by atoms with Gasteiger partial charge < -0.3 is 29.0 Å². The number of pyridine rings is 1. The standard InChI is InChI=1S/C30H40ClN3O6/c1-16-14-17(2)32-26(35)23(16)34(9)27(36)21-15-22(31)25-24(18(21)3)38-30(7,39-25)19-10-12-20(13-11-19)33(8)28(37)40-29(4,5)6/h14-15,19-20H,10-13H2,1-9H3,(H,32,35)/t19-,20-,30?. The number of benzene rings is 1. The molecule has 0 saturated heterocycles. The van der Waals surface area contributed by atoms with E-state index >= 15 is 0 Å². The summed E-state index contributed by atoms with van der Waals surface area (Å²) in [6, 6.07) is 3.47. The lowest BCUT2D eigenvalue weighted by atomic mass is 9.81. The van der Waals surface area contributed by atoms with E-state index in [0.717, 1.165) is 31.4 Å². The predicted molar refractivity (Wildman–Crippen MR) is 155 cm³/mol. The monoisotopic (exact) mass is 573 g/mol. The molecule has 1 aromatic carbocycles. The lowest BCUT2D eigenvalue weighted by molar-refractivity contribution is -0.123. The molecule has 2 amide bonds. The molecule has 2 heterocycles. The number of nitrogens with one attached hydrogen (secondary N) is 1. The number of nitrogens with zero attached hydrogens (tertiary/aromatic N) is 2. The van der Waals surface area contributed by atoms with Crippen LogP contribution in [0.2, 0.25) is 5.02 Å². The zero-order valence-corrected chi connectivity index (χ0v) is 25.6. The molecular weight excluding hydrogens is 534 g/mol. The highest BCUT2D eigenvalue weighted by atomic mass is 35.5. The minimum Gasteiger partial charge on any atom is -0.448 e. The van der Waals surface area contributed by atoms with Crippen molar-refractivity contribution in [2.45, 2.75) is 91.6 Å². The highest BCUT2D eigenvalue weighted by Crippen LogP contribution is 2.52. The van der Waals surface area contributed by atoms with Crippen molar-refractivity contribution in [3.63, 3.8) is 0 Å². The summed E-state index contributed by atoms with van der Waals surface area (Å²) >= 11 is 6.64. The zero-order valence-electron chi connectivity index (χ0n) is 24.9. The number of fused-ring (bicyclic) bond motifs is 1. The van der Waals surface area contributed by atoms with Crippen molar-refractivity contribution in [1.82, 2.24) is 9.88 Å². The van der Waals surface area contributed by atoms with Gasteiger partial charge in [-0.25, -0.2) is 4.79 Å². The summed E-state index contributed by atoms with van der Waals surface area (Å²) in [6.07, 6.45) is 2.80. The molecule has 2 aromatic rings. The summed E-state index contributed by atoms with van der Waals surface area (Å²) in [6.45, 7) is 12.9. The van der Waals surface area contributed by atoms with Crippen molar-refractivity contribution in [2.75, 3.05) is 19.0 Å². The molecule has 0 bridgehead atoms. The van der Waals surface area contributed by atoms with Gasteiger partial charge in [0.15, 0.2) is 11.5 Å². The van der Waals surface area contributed by atoms with Crippen LogP contribution in [0.25, 0.3) is 0 Å². The number of anilines is 1. The smallest absolute Gasteiger partial charge is 0.410 e. The number of ether oxygens (including phenoxy) is 3. The number of aromatic amines is 1. The minimum absolute atomic E-state index is 0.0502. The third-order valence-corrected chi connectivity index (χ3v) is 8.20. The molecule has 218 valence electrons. The van der Waals surface area contributed by atoms with Crippen LogP contribution in [0, 0.1) is 26.7 Å². The second kappa shape index (κ2) is 10.7. The lowest BCUT2D eigenvalue weighted by Gasteiger charge is -2.40. The van der Waals surface area contributed by atoms with Crippen LogP contribution in [-0.2, 0) is 4.74 Å². The number of hydrogen-bond donors (Lipinski definition) is 1. The van der Waals surface area contributed by atoms with Gasteiger partial charge >= 0.3 is 6.09 Å². The number of carbonyl (C=O) groups is 2.